The third kappa shape index (κ3) is 3.29. The van der Waals surface area contributed by atoms with E-state index in [1.807, 2.05) is 0 Å². The molecule has 0 bridgehead atoms. The molecule has 1 aromatic rings. The molecule has 0 unspecified atom stereocenters. The quantitative estimate of drug-likeness (QED) is 0.898. The van der Waals surface area contributed by atoms with E-state index in [4.69, 9.17) is 0 Å². The zero-order chi connectivity index (χ0) is 15.7. The standard InChI is InChI=1S/C17H21F2NO2/c18-13-6-4-5-11(16(13)19)12-9-14(12)20-15(21)10-17(22)7-2-1-3-8-17/h4-6,12,14,22H,1-3,7-10H2,(H,20,21)/t12-,14-/m1/s1. The molecule has 3 rings (SSSR count). The molecule has 1 aromatic carbocycles. The van der Waals surface area contributed by atoms with Gasteiger partial charge in [-0.1, -0.05) is 31.4 Å². The first-order valence-electron chi connectivity index (χ1n) is 7.94. The van der Waals surface area contributed by atoms with Crippen molar-refractivity contribution in [3.8, 4) is 0 Å². The van der Waals surface area contributed by atoms with E-state index in [9.17, 15) is 18.7 Å². The van der Waals surface area contributed by atoms with E-state index in [1.54, 1.807) is 6.07 Å². The second-order valence-corrected chi connectivity index (χ2v) is 6.62. The summed E-state index contributed by atoms with van der Waals surface area (Å²) in [6.45, 7) is 0. The summed E-state index contributed by atoms with van der Waals surface area (Å²) in [5, 5.41) is 13.2. The second kappa shape index (κ2) is 5.95. The number of carbonyl (C=O) groups is 1. The lowest BCUT2D eigenvalue weighted by Gasteiger charge is -2.31. The van der Waals surface area contributed by atoms with Crippen LogP contribution in [0.1, 0.15) is 56.4 Å². The van der Waals surface area contributed by atoms with Crippen LogP contribution in [0, 0.1) is 11.6 Å². The van der Waals surface area contributed by atoms with Crippen LogP contribution in [0.3, 0.4) is 0 Å². The first-order valence-corrected chi connectivity index (χ1v) is 7.94. The summed E-state index contributed by atoms with van der Waals surface area (Å²) in [6.07, 6.45) is 5.04. The zero-order valence-corrected chi connectivity index (χ0v) is 12.4. The van der Waals surface area contributed by atoms with Gasteiger partial charge in [0.05, 0.1) is 12.0 Å². The Balaban J connectivity index is 1.55. The third-order valence-corrected chi connectivity index (χ3v) is 4.79. The van der Waals surface area contributed by atoms with Crippen molar-refractivity contribution < 1.29 is 18.7 Å². The molecule has 0 heterocycles. The first-order chi connectivity index (χ1) is 10.5. The van der Waals surface area contributed by atoms with Gasteiger partial charge in [-0.15, -0.1) is 0 Å². The van der Waals surface area contributed by atoms with Crippen LogP contribution in [-0.4, -0.2) is 22.7 Å². The smallest absolute Gasteiger partial charge is 0.223 e. The van der Waals surface area contributed by atoms with E-state index in [1.165, 1.54) is 6.07 Å². The van der Waals surface area contributed by atoms with E-state index < -0.39 is 17.2 Å². The van der Waals surface area contributed by atoms with E-state index in [2.05, 4.69) is 5.32 Å². The van der Waals surface area contributed by atoms with Crippen molar-refractivity contribution in [2.45, 2.75) is 62.5 Å². The largest absolute Gasteiger partial charge is 0.389 e. The predicted octanol–water partition coefficient (Wildman–Crippen LogP) is 3.02. The molecule has 2 N–H and O–H groups in total. The summed E-state index contributed by atoms with van der Waals surface area (Å²) in [5.41, 5.74) is -0.571. The predicted molar refractivity (Wildman–Crippen MR) is 78.3 cm³/mol. The Hall–Kier alpha value is -1.49. The molecule has 5 heteroatoms. The van der Waals surface area contributed by atoms with Gasteiger partial charge in [-0.25, -0.2) is 8.78 Å². The molecule has 0 saturated heterocycles. The van der Waals surface area contributed by atoms with Crippen molar-refractivity contribution in [2.75, 3.05) is 0 Å². The molecule has 0 radical (unpaired) electrons. The minimum absolute atomic E-state index is 0.0991. The van der Waals surface area contributed by atoms with Crippen LogP contribution in [-0.2, 0) is 4.79 Å². The minimum Gasteiger partial charge on any atom is -0.389 e. The van der Waals surface area contributed by atoms with Crippen molar-refractivity contribution in [1.82, 2.24) is 5.32 Å². The molecule has 2 saturated carbocycles. The van der Waals surface area contributed by atoms with Gasteiger partial charge in [-0.2, -0.15) is 0 Å². The van der Waals surface area contributed by atoms with Gasteiger partial charge in [0, 0.05) is 12.0 Å². The Bertz CT molecular complexity index is 570. The molecule has 22 heavy (non-hydrogen) atoms. The Morgan fingerprint density at radius 3 is 2.73 bits per heavy atom. The molecule has 0 aromatic heterocycles. The topological polar surface area (TPSA) is 49.3 Å². The minimum atomic E-state index is -0.892. The normalized spacial score (nSPS) is 26.5. The molecule has 2 aliphatic rings. The number of halogens is 2. The summed E-state index contributed by atoms with van der Waals surface area (Å²) in [5.74, 6) is -2.05. The molecule has 2 fully saturated rings. The number of nitrogens with one attached hydrogen (secondary N) is 1. The maximum absolute atomic E-state index is 13.7. The third-order valence-electron chi connectivity index (χ3n) is 4.79. The van der Waals surface area contributed by atoms with Crippen molar-refractivity contribution in [1.29, 1.82) is 0 Å². The SMILES string of the molecule is O=C(CC1(O)CCCCC1)N[C@@H]1C[C@@H]1c1cccc(F)c1F. The molecule has 1 amide bonds. The maximum Gasteiger partial charge on any atom is 0.223 e. The van der Waals surface area contributed by atoms with Crippen LogP contribution in [0.5, 0.6) is 0 Å². The Kier molecular flexibility index (Phi) is 4.17. The summed E-state index contributed by atoms with van der Waals surface area (Å²) in [7, 11) is 0. The Morgan fingerprint density at radius 1 is 1.27 bits per heavy atom. The van der Waals surface area contributed by atoms with Gasteiger partial charge < -0.3 is 10.4 Å². The maximum atomic E-state index is 13.7. The van der Waals surface area contributed by atoms with Crippen LogP contribution in [0.2, 0.25) is 0 Å². The summed E-state index contributed by atoms with van der Waals surface area (Å²) in [6, 6.07) is 3.98. The van der Waals surface area contributed by atoms with Crippen molar-refractivity contribution >= 4 is 5.91 Å². The van der Waals surface area contributed by atoms with Gasteiger partial charge in [0.25, 0.3) is 0 Å². The Morgan fingerprint density at radius 2 is 2.00 bits per heavy atom. The highest BCUT2D eigenvalue weighted by Gasteiger charge is 2.42. The molecular formula is C17H21F2NO2. The monoisotopic (exact) mass is 309 g/mol. The lowest BCUT2D eigenvalue weighted by Crippen LogP contribution is -2.39. The lowest BCUT2D eigenvalue weighted by atomic mass is 9.82. The van der Waals surface area contributed by atoms with Crippen molar-refractivity contribution in [2.24, 2.45) is 0 Å². The highest BCUT2D eigenvalue weighted by Crippen LogP contribution is 2.42. The molecule has 0 spiro atoms. The average Bonchev–Trinajstić information content (AvgIpc) is 3.20. The molecular weight excluding hydrogens is 288 g/mol. The average molecular weight is 309 g/mol. The first kappa shape index (κ1) is 15.4. The molecule has 0 aliphatic heterocycles. The van der Waals surface area contributed by atoms with E-state index >= 15 is 0 Å². The molecule has 2 aliphatic carbocycles. The van der Waals surface area contributed by atoms with Gasteiger partial charge >= 0.3 is 0 Å². The highest BCUT2D eigenvalue weighted by atomic mass is 19.2. The van der Waals surface area contributed by atoms with E-state index in [-0.39, 0.29) is 24.3 Å². The fourth-order valence-electron chi connectivity index (χ4n) is 3.45. The summed E-state index contributed by atoms with van der Waals surface area (Å²) in [4.78, 5) is 12.1. The number of benzene rings is 1. The van der Waals surface area contributed by atoms with Crippen LogP contribution in [0.25, 0.3) is 0 Å². The number of hydrogen-bond acceptors (Lipinski definition) is 2. The Labute approximate surface area is 128 Å². The molecule has 2 atom stereocenters. The van der Waals surface area contributed by atoms with Gasteiger partial charge in [0.2, 0.25) is 5.91 Å². The van der Waals surface area contributed by atoms with Crippen molar-refractivity contribution in [3.05, 3.63) is 35.4 Å². The number of carbonyl (C=O) groups excluding carboxylic acids is 1. The van der Waals surface area contributed by atoms with Gasteiger partial charge in [0.15, 0.2) is 11.6 Å². The number of hydrogen-bond donors (Lipinski definition) is 2. The fraction of sp³-hybridized carbons (Fsp3) is 0.588. The number of amides is 1. The fourth-order valence-corrected chi connectivity index (χ4v) is 3.45. The summed E-state index contributed by atoms with van der Waals surface area (Å²) >= 11 is 0. The number of aliphatic hydroxyl groups is 1. The van der Waals surface area contributed by atoms with Crippen LogP contribution in [0.15, 0.2) is 18.2 Å². The zero-order valence-electron chi connectivity index (χ0n) is 12.4. The van der Waals surface area contributed by atoms with Gasteiger partial charge in [0.1, 0.15) is 0 Å². The van der Waals surface area contributed by atoms with Gasteiger partial charge in [-0.05, 0) is 30.9 Å². The molecule has 3 nitrogen and oxygen atoms in total. The van der Waals surface area contributed by atoms with Crippen molar-refractivity contribution in [3.63, 3.8) is 0 Å². The van der Waals surface area contributed by atoms with Gasteiger partial charge in [-0.3, -0.25) is 4.79 Å². The highest BCUT2D eigenvalue weighted by molar-refractivity contribution is 5.78. The molecule has 120 valence electrons. The lowest BCUT2D eigenvalue weighted by molar-refractivity contribution is -0.127. The number of rotatable bonds is 4. The van der Waals surface area contributed by atoms with E-state index in [0.29, 0.717) is 24.8 Å². The summed E-state index contributed by atoms with van der Waals surface area (Å²) < 4.78 is 26.9. The second-order valence-electron chi connectivity index (χ2n) is 6.62. The van der Waals surface area contributed by atoms with Crippen LogP contribution in [0.4, 0.5) is 8.78 Å². The van der Waals surface area contributed by atoms with Crippen LogP contribution < -0.4 is 5.32 Å². The van der Waals surface area contributed by atoms with Crippen LogP contribution >= 0.6 is 0 Å². The van der Waals surface area contributed by atoms with E-state index in [0.717, 1.165) is 25.3 Å².